The number of ether oxygens (including phenoxy) is 1. The molecule has 2 unspecified atom stereocenters. The molecule has 2 heterocycles. The van der Waals surface area contributed by atoms with Gasteiger partial charge in [0.15, 0.2) is 0 Å². The number of rotatable bonds is 2. The lowest BCUT2D eigenvalue weighted by molar-refractivity contribution is 0.0232. The second-order valence-electron chi connectivity index (χ2n) is 3.91. The fourth-order valence-corrected chi connectivity index (χ4v) is 1.80. The van der Waals surface area contributed by atoms with Gasteiger partial charge in [-0.15, -0.1) is 0 Å². The van der Waals surface area contributed by atoms with Gasteiger partial charge in [0.2, 0.25) is 0 Å². The zero-order valence-corrected chi connectivity index (χ0v) is 8.74. The molecule has 1 fully saturated rings. The third-order valence-corrected chi connectivity index (χ3v) is 2.56. The molecular formula is C11H15FN2O. The molecule has 1 N–H and O–H groups in total. The second-order valence-corrected chi connectivity index (χ2v) is 3.91. The van der Waals surface area contributed by atoms with Crippen molar-refractivity contribution in [3.05, 3.63) is 24.1 Å². The molecule has 4 heteroatoms. The number of nitrogens with zero attached hydrogens (tertiary/aromatic N) is 1. The summed E-state index contributed by atoms with van der Waals surface area (Å²) in [7, 11) is 0. The Balaban J connectivity index is 1.93. The van der Waals surface area contributed by atoms with E-state index in [2.05, 4.69) is 17.2 Å². The smallest absolute Gasteiger partial charge is 0.141 e. The molecule has 2 rings (SSSR count). The Morgan fingerprint density at radius 2 is 2.40 bits per heavy atom. The number of anilines is 1. The summed E-state index contributed by atoms with van der Waals surface area (Å²) in [5, 5.41) is 3.28. The maximum atomic E-state index is 12.6. The van der Waals surface area contributed by atoms with Crippen LogP contribution in [0.2, 0.25) is 0 Å². The van der Waals surface area contributed by atoms with Crippen molar-refractivity contribution in [2.75, 3.05) is 11.9 Å². The Morgan fingerprint density at radius 1 is 1.53 bits per heavy atom. The van der Waals surface area contributed by atoms with Gasteiger partial charge < -0.3 is 10.1 Å². The summed E-state index contributed by atoms with van der Waals surface area (Å²) in [6, 6.07) is 3.46. The highest BCUT2D eigenvalue weighted by molar-refractivity contribution is 5.34. The largest absolute Gasteiger partial charge is 0.378 e. The molecule has 3 nitrogen and oxygen atoms in total. The van der Waals surface area contributed by atoms with Crippen molar-refractivity contribution in [1.29, 1.82) is 0 Å². The zero-order chi connectivity index (χ0) is 10.7. The Bertz CT molecular complexity index is 315. The van der Waals surface area contributed by atoms with Crippen molar-refractivity contribution in [3.8, 4) is 0 Å². The SMILES string of the molecule is CC1CC(Nc2ccc(F)cn2)CCO1. The summed E-state index contributed by atoms with van der Waals surface area (Å²) < 4.78 is 18.1. The zero-order valence-electron chi connectivity index (χ0n) is 8.74. The van der Waals surface area contributed by atoms with Crippen LogP contribution in [0.4, 0.5) is 10.2 Å². The molecule has 0 aromatic carbocycles. The van der Waals surface area contributed by atoms with E-state index >= 15 is 0 Å². The molecule has 82 valence electrons. The summed E-state index contributed by atoms with van der Waals surface area (Å²) in [4.78, 5) is 3.97. The van der Waals surface area contributed by atoms with Crippen LogP contribution in [-0.4, -0.2) is 23.7 Å². The standard InChI is InChI=1S/C11H15FN2O/c1-8-6-10(4-5-15-8)14-11-3-2-9(12)7-13-11/h2-3,7-8,10H,4-6H2,1H3,(H,13,14). The first-order valence-electron chi connectivity index (χ1n) is 5.24. The Labute approximate surface area is 88.7 Å². The Hall–Kier alpha value is -1.16. The minimum atomic E-state index is -0.305. The highest BCUT2D eigenvalue weighted by Gasteiger charge is 2.19. The first kappa shape index (κ1) is 10.4. The van der Waals surface area contributed by atoms with Crippen LogP contribution in [0.15, 0.2) is 18.3 Å². The minimum Gasteiger partial charge on any atom is -0.378 e. The molecular weight excluding hydrogens is 195 g/mol. The van der Waals surface area contributed by atoms with E-state index in [1.807, 2.05) is 0 Å². The lowest BCUT2D eigenvalue weighted by Gasteiger charge is -2.28. The lowest BCUT2D eigenvalue weighted by Crippen LogP contribution is -2.32. The van der Waals surface area contributed by atoms with Gasteiger partial charge in [0, 0.05) is 12.6 Å². The molecule has 0 saturated carbocycles. The Kier molecular flexibility index (Phi) is 3.16. The van der Waals surface area contributed by atoms with Crippen molar-refractivity contribution < 1.29 is 9.13 Å². The summed E-state index contributed by atoms with van der Waals surface area (Å²) in [5.74, 6) is 0.427. The number of hydrogen-bond donors (Lipinski definition) is 1. The average molecular weight is 210 g/mol. The number of nitrogens with one attached hydrogen (secondary N) is 1. The van der Waals surface area contributed by atoms with Crippen molar-refractivity contribution in [3.63, 3.8) is 0 Å². The molecule has 1 aromatic heterocycles. The maximum Gasteiger partial charge on any atom is 0.141 e. The molecule has 0 radical (unpaired) electrons. The monoisotopic (exact) mass is 210 g/mol. The first-order valence-corrected chi connectivity index (χ1v) is 5.24. The molecule has 1 saturated heterocycles. The quantitative estimate of drug-likeness (QED) is 0.812. The van der Waals surface area contributed by atoms with Crippen LogP contribution in [0.1, 0.15) is 19.8 Å². The predicted octanol–water partition coefficient (Wildman–Crippen LogP) is 2.20. The lowest BCUT2D eigenvalue weighted by atomic mass is 10.0. The fourth-order valence-electron chi connectivity index (χ4n) is 1.80. The average Bonchev–Trinajstić information content (AvgIpc) is 2.22. The normalized spacial score (nSPS) is 26.3. The van der Waals surface area contributed by atoms with Gasteiger partial charge in [0.05, 0.1) is 12.3 Å². The molecule has 0 aliphatic carbocycles. The van der Waals surface area contributed by atoms with Crippen molar-refractivity contribution in [2.45, 2.75) is 31.9 Å². The molecule has 15 heavy (non-hydrogen) atoms. The van der Waals surface area contributed by atoms with Crippen LogP contribution < -0.4 is 5.32 Å². The number of halogens is 1. The summed E-state index contributed by atoms with van der Waals surface area (Å²) >= 11 is 0. The van der Waals surface area contributed by atoms with Crippen molar-refractivity contribution in [1.82, 2.24) is 4.98 Å². The van der Waals surface area contributed by atoms with Crippen LogP contribution in [-0.2, 0) is 4.74 Å². The van der Waals surface area contributed by atoms with Crippen molar-refractivity contribution in [2.24, 2.45) is 0 Å². The third kappa shape index (κ3) is 2.89. The van der Waals surface area contributed by atoms with Crippen LogP contribution >= 0.6 is 0 Å². The summed E-state index contributed by atoms with van der Waals surface area (Å²) in [6.07, 6.45) is 3.46. The molecule has 0 amide bonds. The van der Waals surface area contributed by atoms with Gasteiger partial charge >= 0.3 is 0 Å². The summed E-state index contributed by atoms with van der Waals surface area (Å²) in [6.45, 7) is 2.84. The number of aromatic nitrogens is 1. The van der Waals surface area contributed by atoms with Crippen LogP contribution in [0.25, 0.3) is 0 Å². The molecule has 1 aliphatic heterocycles. The van der Waals surface area contributed by atoms with Gasteiger partial charge in [0.25, 0.3) is 0 Å². The van der Waals surface area contributed by atoms with Crippen LogP contribution in [0, 0.1) is 5.82 Å². The van der Waals surface area contributed by atoms with Crippen LogP contribution in [0.3, 0.4) is 0 Å². The maximum absolute atomic E-state index is 12.6. The highest BCUT2D eigenvalue weighted by atomic mass is 19.1. The van der Waals surface area contributed by atoms with Gasteiger partial charge in [-0.1, -0.05) is 0 Å². The van der Waals surface area contributed by atoms with E-state index < -0.39 is 0 Å². The predicted molar refractivity (Wildman–Crippen MR) is 56.3 cm³/mol. The molecule has 2 atom stereocenters. The van der Waals surface area contributed by atoms with E-state index in [0.717, 1.165) is 25.3 Å². The van der Waals surface area contributed by atoms with Gasteiger partial charge in [-0.3, -0.25) is 0 Å². The van der Waals surface area contributed by atoms with E-state index in [4.69, 9.17) is 4.74 Å². The number of pyridine rings is 1. The molecule has 0 spiro atoms. The molecule has 0 bridgehead atoms. The topological polar surface area (TPSA) is 34.2 Å². The van der Waals surface area contributed by atoms with Gasteiger partial charge in [0.1, 0.15) is 11.6 Å². The van der Waals surface area contributed by atoms with Gasteiger partial charge in [-0.2, -0.15) is 0 Å². The highest BCUT2D eigenvalue weighted by Crippen LogP contribution is 2.17. The summed E-state index contributed by atoms with van der Waals surface area (Å²) in [5.41, 5.74) is 0. The van der Waals surface area contributed by atoms with Crippen molar-refractivity contribution >= 4 is 5.82 Å². The van der Waals surface area contributed by atoms with Gasteiger partial charge in [-0.05, 0) is 31.9 Å². The van der Waals surface area contributed by atoms with E-state index in [1.54, 1.807) is 6.07 Å². The van der Waals surface area contributed by atoms with E-state index in [0.29, 0.717) is 6.04 Å². The minimum absolute atomic E-state index is 0.289. The van der Waals surface area contributed by atoms with E-state index in [9.17, 15) is 4.39 Å². The number of hydrogen-bond acceptors (Lipinski definition) is 3. The molecule has 1 aliphatic rings. The van der Waals surface area contributed by atoms with E-state index in [-0.39, 0.29) is 11.9 Å². The second kappa shape index (κ2) is 4.57. The van der Waals surface area contributed by atoms with Gasteiger partial charge in [-0.25, -0.2) is 9.37 Å². The fraction of sp³-hybridized carbons (Fsp3) is 0.545. The van der Waals surface area contributed by atoms with Crippen LogP contribution in [0.5, 0.6) is 0 Å². The molecule has 1 aromatic rings. The van der Waals surface area contributed by atoms with E-state index in [1.165, 1.54) is 12.3 Å². The Morgan fingerprint density at radius 3 is 3.07 bits per heavy atom. The third-order valence-electron chi connectivity index (χ3n) is 2.56. The first-order chi connectivity index (χ1) is 7.24.